The predicted octanol–water partition coefficient (Wildman–Crippen LogP) is 6.80. The maximum atomic E-state index is 13.2. The van der Waals surface area contributed by atoms with E-state index in [1.807, 2.05) is 42.5 Å². The van der Waals surface area contributed by atoms with Gasteiger partial charge in [0.2, 0.25) is 0 Å². The first-order chi connectivity index (χ1) is 14.6. The van der Waals surface area contributed by atoms with Gasteiger partial charge in [0.05, 0.1) is 11.6 Å². The SMILES string of the molecule is Cc1ccc(C2CC(c3c(-c4ccccc4)c4cc(Cl)ccc4[nH]c3=O)N=N2)cc1. The summed E-state index contributed by atoms with van der Waals surface area (Å²) >= 11 is 6.31. The minimum atomic E-state index is -0.307. The Bertz CT molecular complexity index is 1310. The lowest BCUT2D eigenvalue weighted by atomic mass is 9.89. The van der Waals surface area contributed by atoms with Crippen LogP contribution in [0.5, 0.6) is 0 Å². The van der Waals surface area contributed by atoms with Crippen LogP contribution in [0.25, 0.3) is 22.0 Å². The minimum Gasteiger partial charge on any atom is -0.322 e. The average molecular weight is 414 g/mol. The van der Waals surface area contributed by atoms with Crippen LogP contribution in [0.2, 0.25) is 5.02 Å². The van der Waals surface area contributed by atoms with Gasteiger partial charge >= 0.3 is 0 Å². The third-order valence-electron chi connectivity index (χ3n) is 5.66. The molecule has 1 aliphatic rings. The van der Waals surface area contributed by atoms with Crippen molar-refractivity contribution in [1.82, 2.24) is 4.98 Å². The summed E-state index contributed by atoms with van der Waals surface area (Å²) in [6, 6.07) is 23.5. The summed E-state index contributed by atoms with van der Waals surface area (Å²) in [5.74, 6) is 0. The quantitative estimate of drug-likeness (QED) is 0.394. The molecule has 4 aromatic rings. The van der Waals surface area contributed by atoms with Crippen molar-refractivity contribution in [3.8, 4) is 11.1 Å². The maximum absolute atomic E-state index is 13.2. The van der Waals surface area contributed by atoms with Gasteiger partial charge in [0, 0.05) is 27.9 Å². The van der Waals surface area contributed by atoms with Crippen LogP contribution >= 0.6 is 11.6 Å². The summed E-state index contributed by atoms with van der Waals surface area (Å²) in [4.78, 5) is 16.2. The van der Waals surface area contributed by atoms with E-state index in [1.54, 1.807) is 6.07 Å². The molecule has 0 saturated carbocycles. The average Bonchev–Trinajstić information content (AvgIpc) is 3.24. The van der Waals surface area contributed by atoms with Gasteiger partial charge in [0.25, 0.3) is 5.56 Å². The molecule has 1 aliphatic heterocycles. The second-order valence-corrected chi connectivity index (χ2v) is 8.14. The molecule has 0 amide bonds. The highest BCUT2D eigenvalue weighted by atomic mass is 35.5. The molecule has 1 aromatic heterocycles. The molecule has 4 nitrogen and oxygen atoms in total. The van der Waals surface area contributed by atoms with E-state index < -0.39 is 0 Å². The van der Waals surface area contributed by atoms with Crippen LogP contribution in [-0.4, -0.2) is 4.98 Å². The fourth-order valence-corrected chi connectivity index (χ4v) is 4.32. The number of azo groups is 1. The van der Waals surface area contributed by atoms with Gasteiger partial charge in [-0.05, 0) is 36.2 Å². The molecule has 2 heterocycles. The smallest absolute Gasteiger partial charge is 0.254 e. The minimum absolute atomic E-state index is 0.0475. The van der Waals surface area contributed by atoms with Crippen molar-refractivity contribution in [2.75, 3.05) is 0 Å². The normalized spacial score (nSPS) is 18.2. The highest BCUT2D eigenvalue weighted by molar-refractivity contribution is 6.31. The van der Waals surface area contributed by atoms with Gasteiger partial charge in [0.15, 0.2) is 0 Å². The van der Waals surface area contributed by atoms with Crippen molar-refractivity contribution in [2.45, 2.75) is 25.4 Å². The zero-order valence-electron chi connectivity index (χ0n) is 16.5. The molecule has 0 fully saturated rings. The molecule has 2 unspecified atom stereocenters. The largest absolute Gasteiger partial charge is 0.322 e. The molecule has 0 bridgehead atoms. The lowest BCUT2D eigenvalue weighted by Crippen LogP contribution is -2.17. The molecule has 0 radical (unpaired) electrons. The maximum Gasteiger partial charge on any atom is 0.254 e. The number of aryl methyl sites for hydroxylation is 1. The number of nitrogens with zero attached hydrogens (tertiary/aromatic N) is 2. The predicted molar refractivity (Wildman–Crippen MR) is 121 cm³/mol. The van der Waals surface area contributed by atoms with E-state index in [0.29, 0.717) is 17.0 Å². The van der Waals surface area contributed by atoms with Crippen molar-refractivity contribution in [3.63, 3.8) is 0 Å². The van der Waals surface area contributed by atoms with Crippen molar-refractivity contribution in [2.24, 2.45) is 10.2 Å². The molecule has 148 valence electrons. The first-order valence-corrected chi connectivity index (χ1v) is 10.4. The number of aromatic amines is 1. The number of fused-ring (bicyclic) bond motifs is 1. The van der Waals surface area contributed by atoms with Crippen LogP contribution in [-0.2, 0) is 0 Å². The van der Waals surface area contributed by atoms with Crippen LogP contribution in [0.4, 0.5) is 0 Å². The van der Waals surface area contributed by atoms with Gasteiger partial charge in [-0.25, -0.2) is 0 Å². The number of hydrogen-bond donors (Lipinski definition) is 1. The van der Waals surface area contributed by atoms with E-state index in [9.17, 15) is 4.79 Å². The molecular formula is C25H20ClN3O. The molecule has 2 atom stereocenters. The fraction of sp³-hybridized carbons (Fsp3) is 0.160. The molecule has 5 heteroatoms. The summed E-state index contributed by atoms with van der Waals surface area (Å²) in [5.41, 5.74) is 5.46. The highest BCUT2D eigenvalue weighted by Crippen LogP contribution is 2.42. The third-order valence-corrected chi connectivity index (χ3v) is 5.90. The van der Waals surface area contributed by atoms with E-state index >= 15 is 0 Å². The number of H-pyrrole nitrogens is 1. The van der Waals surface area contributed by atoms with Crippen LogP contribution in [0, 0.1) is 6.92 Å². The number of halogens is 1. The van der Waals surface area contributed by atoms with Crippen LogP contribution in [0.15, 0.2) is 87.8 Å². The molecular weight excluding hydrogens is 394 g/mol. The summed E-state index contributed by atoms with van der Waals surface area (Å²) in [7, 11) is 0. The van der Waals surface area contributed by atoms with Gasteiger partial charge in [0.1, 0.15) is 6.04 Å². The number of pyridine rings is 1. The fourth-order valence-electron chi connectivity index (χ4n) is 4.15. The van der Waals surface area contributed by atoms with E-state index in [-0.39, 0.29) is 17.6 Å². The molecule has 0 aliphatic carbocycles. The van der Waals surface area contributed by atoms with Crippen molar-refractivity contribution in [3.05, 3.63) is 105 Å². The number of nitrogens with one attached hydrogen (secondary N) is 1. The number of benzene rings is 3. The van der Waals surface area contributed by atoms with Crippen molar-refractivity contribution < 1.29 is 0 Å². The van der Waals surface area contributed by atoms with Crippen LogP contribution < -0.4 is 5.56 Å². The second kappa shape index (κ2) is 7.54. The Morgan fingerprint density at radius 3 is 2.43 bits per heavy atom. The summed E-state index contributed by atoms with van der Waals surface area (Å²) in [5, 5.41) is 10.6. The zero-order chi connectivity index (χ0) is 20.7. The Hall–Kier alpha value is -3.24. The van der Waals surface area contributed by atoms with Crippen LogP contribution in [0.1, 0.15) is 35.2 Å². The molecule has 1 N–H and O–H groups in total. The topological polar surface area (TPSA) is 57.6 Å². The number of rotatable bonds is 3. The van der Waals surface area contributed by atoms with E-state index in [0.717, 1.165) is 27.6 Å². The van der Waals surface area contributed by atoms with Gasteiger partial charge < -0.3 is 4.98 Å². The zero-order valence-corrected chi connectivity index (χ0v) is 17.2. The molecule has 5 rings (SSSR count). The summed E-state index contributed by atoms with van der Waals surface area (Å²) in [6.45, 7) is 2.06. The Labute approximate surface area is 179 Å². The first-order valence-electron chi connectivity index (χ1n) is 9.97. The first kappa shape index (κ1) is 18.8. The van der Waals surface area contributed by atoms with Crippen molar-refractivity contribution in [1.29, 1.82) is 0 Å². The highest BCUT2D eigenvalue weighted by Gasteiger charge is 2.30. The Balaban J connectivity index is 1.66. The van der Waals surface area contributed by atoms with E-state index in [1.165, 1.54) is 5.56 Å². The monoisotopic (exact) mass is 413 g/mol. The van der Waals surface area contributed by atoms with Gasteiger partial charge in [-0.3, -0.25) is 4.79 Å². The van der Waals surface area contributed by atoms with E-state index in [4.69, 9.17) is 11.6 Å². The summed E-state index contributed by atoms with van der Waals surface area (Å²) < 4.78 is 0. The molecule has 0 spiro atoms. The summed E-state index contributed by atoms with van der Waals surface area (Å²) in [6.07, 6.45) is 0.665. The van der Waals surface area contributed by atoms with Gasteiger partial charge in [-0.1, -0.05) is 71.8 Å². The van der Waals surface area contributed by atoms with Crippen molar-refractivity contribution >= 4 is 22.5 Å². The third kappa shape index (κ3) is 3.33. The molecule has 30 heavy (non-hydrogen) atoms. The Morgan fingerprint density at radius 1 is 0.933 bits per heavy atom. The number of aromatic nitrogens is 1. The Kier molecular flexibility index (Phi) is 4.72. The lowest BCUT2D eigenvalue weighted by molar-refractivity contribution is 0.655. The van der Waals surface area contributed by atoms with Crippen LogP contribution in [0.3, 0.4) is 0 Å². The molecule has 0 saturated heterocycles. The molecule has 3 aromatic carbocycles. The lowest BCUT2D eigenvalue weighted by Gasteiger charge is -2.16. The number of hydrogen-bond acceptors (Lipinski definition) is 3. The van der Waals surface area contributed by atoms with Gasteiger partial charge in [-0.15, -0.1) is 0 Å². The Morgan fingerprint density at radius 2 is 1.67 bits per heavy atom. The van der Waals surface area contributed by atoms with Gasteiger partial charge in [-0.2, -0.15) is 10.2 Å². The second-order valence-electron chi connectivity index (χ2n) is 7.71. The van der Waals surface area contributed by atoms with E-state index in [2.05, 4.69) is 46.4 Å². The standard InChI is InChI=1S/C25H20ClN3O/c1-15-7-9-16(10-8-15)21-14-22(29-28-21)24-23(17-5-3-2-4-6-17)19-13-18(26)11-12-20(19)27-25(24)30/h2-13,21-22H,14H2,1H3,(H,27,30).